The molecule has 0 aliphatic carbocycles. The molecule has 4 N–H and O–H groups in total. The summed E-state index contributed by atoms with van der Waals surface area (Å²) in [6, 6.07) is 3.04. The Kier molecular flexibility index (Phi) is 7.30. The summed E-state index contributed by atoms with van der Waals surface area (Å²) in [7, 11) is 2.90. The highest BCUT2D eigenvalue weighted by Crippen LogP contribution is 2.39. The Morgan fingerprint density at radius 2 is 1.57 bits per heavy atom. The van der Waals surface area contributed by atoms with E-state index in [4.69, 9.17) is 15.2 Å². The van der Waals surface area contributed by atoms with Gasteiger partial charge in [-0.1, -0.05) is 20.8 Å². The Hall–Kier alpha value is -1.17. The zero-order valence-electron chi connectivity index (χ0n) is 13.2. The molecule has 0 unspecified atom stereocenters. The Labute approximate surface area is 132 Å². The summed E-state index contributed by atoms with van der Waals surface area (Å²) in [5.74, 6) is 0.455. The molecular weight excluding hydrogens is 294 g/mol. The number of nitrogens with two attached hydrogens (primary N) is 1. The Bertz CT molecular complexity index is 434. The molecule has 0 aliphatic rings. The third-order valence-corrected chi connectivity index (χ3v) is 3.48. The van der Waals surface area contributed by atoms with Crippen molar-refractivity contribution in [2.75, 3.05) is 14.2 Å². The minimum absolute atomic E-state index is 0. The van der Waals surface area contributed by atoms with Crippen LogP contribution < -0.4 is 15.2 Å². The van der Waals surface area contributed by atoms with Crippen LogP contribution in [0.15, 0.2) is 12.1 Å². The molecule has 0 amide bonds. The SMILES string of the molecule is COc1cc([C@@H](O)C[C@@H](N)C(C)(C)C)cc(OC)c1O.Cl. The van der Waals surface area contributed by atoms with E-state index in [-0.39, 0.29) is 41.1 Å². The van der Waals surface area contributed by atoms with E-state index in [2.05, 4.69) is 0 Å². The van der Waals surface area contributed by atoms with E-state index in [1.807, 2.05) is 20.8 Å². The van der Waals surface area contributed by atoms with Crippen molar-refractivity contribution in [3.8, 4) is 17.2 Å². The van der Waals surface area contributed by atoms with Crippen molar-refractivity contribution in [1.82, 2.24) is 0 Å². The van der Waals surface area contributed by atoms with Crippen molar-refractivity contribution in [3.63, 3.8) is 0 Å². The first-order valence-corrected chi connectivity index (χ1v) is 6.59. The highest BCUT2D eigenvalue weighted by Gasteiger charge is 2.25. The van der Waals surface area contributed by atoms with E-state index >= 15 is 0 Å². The number of aromatic hydroxyl groups is 1. The molecular formula is C15H26ClNO4. The summed E-state index contributed by atoms with van der Waals surface area (Å²) in [4.78, 5) is 0. The normalized spacial score (nSPS) is 14.0. The van der Waals surface area contributed by atoms with Gasteiger partial charge >= 0.3 is 0 Å². The lowest BCUT2D eigenvalue weighted by Crippen LogP contribution is -2.36. The number of methoxy groups -OCH3 is 2. The number of phenolic OH excluding ortho intramolecular Hbond substituents is 1. The van der Waals surface area contributed by atoms with Gasteiger partial charge in [-0.3, -0.25) is 0 Å². The van der Waals surface area contributed by atoms with Crippen LogP contribution in [0.4, 0.5) is 0 Å². The van der Waals surface area contributed by atoms with Gasteiger partial charge < -0.3 is 25.4 Å². The standard InChI is InChI=1S/C15H25NO4.ClH/c1-15(2,3)13(16)8-10(17)9-6-11(19-4)14(18)12(7-9)20-5;/h6-7,10,13,17-18H,8,16H2,1-5H3;1H/t10-,13+;/m0./s1. The van der Waals surface area contributed by atoms with Gasteiger partial charge in [0.15, 0.2) is 11.5 Å². The maximum atomic E-state index is 10.3. The average molecular weight is 320 g/mol. The first-order valence-electron chi connectivity index (χ1n) is 6.59. The average Bonchev–Trinajstić information content (AvgIpc) is 2.37. The first kappa shape index (κ1) is 19.8. The van der Waals surface area contributed by atoms with E-state index in [1.54, 1.807) is 12.1 Å². The second kappa shape index (κ2) is 7.73. The van der Waals surface area contributed by atoms with Crippen LogP contribution in [-0.2, 0) is 0 Å². The van der Waals surface area contributed by atoms with Crippen molar-refractivity contribution in [2.45, 2.75) is 39.3 Å². The van der Waals surface area contributed by atoms with Crippen LogP contribution in [0, 0.1) is 5.41 Å². The number of hydrogen-bond donors (Lipinski definition) is 3. The van der Waals surface area contributed by atoms with Crippen LogP contribution in [0.1, 0.15) is 38.9 Å². The van der Waals surface area contributed by atoms with Crippen molar-refractivity contribution < 1.29 is 19.7 Å². The van der Waals surface area contributed by atoms with Gasteiger partial charge in [-0.15, -0.1) is 12.4 Å². The zero-order chi connectivity index (χ0) is 15.5. The van der Waals surface area contributed by atoms with E-state index < -0.39 is 6.10 Å². The molecule has 1 aromatic rings. The molecule has 0 fully saturated rings. The number of phenols is 1. The number of aliphatic hydroxyl groups excluding tert-OH is 1. The Morgan fingerprint density at radius 1 is 1.14 bits per heavy atom. The predicted molar refractivity (Wildman–Crippen MR) is 85.5 cm³/mol. The second-order valence-corrected chi connectivity index (χ2v) is 6.00. The lowest BCUT2D eigenvalue weighted by atomic mass is 9.83. The van der Waals surface area contributed by atoms with Crippen molar-refractivity contribution in [1.29, 1.82) is 0 Å². The molecule has 1 aromatic carbocycles. The van der Waals surface area contributed by atoms with Gasteiger partial charge in [0.05, 0.1) is 20.3 Å². The van der Waals surface area contributed by atoms with Crippen LogP contribution in [0.5, 0.6) is 17.2 Å². The van der Waals surface area contributed by atoms with E-state index in [9.17, 15) is 10.2 Å². The number of aliphatic hydroxyl groups is 1. The Morgan fingerprint density at radius 3 is 1.90 bits per heavy atom. The third kappa shape index (κ3) is 4.95. The molecule has 122 valence electrons. The van der Waals surface area contributed by atoms with Crippen LogP contribution in [0.3, 0.4) is 0 Å². The summed E-state index contributed by atoms with van der Waals surface area (Å²) < 4.78 is 10.2. The van der Waals surface area contributed by atoms with Gasteiger partial charge in [-0.05, 0) is 29.5 Å². The topological polar surface area (TPSA) is 84.9 Å². The molecule has 0 saturated heterocycles. The van der Waals surface area contributed by atoms with Crippen molar-refractivity contribution >= 4 is 12.4 Å². The summed E-state index contributed by atoms with van der Waals surface area (Å²) in [6.07, 6.45) is -0.326. The summed E-state index contributed by atoms with van der Waals surface area (Å²) in [6.45, 7) is 6.09. The molecule has 0 spiro atoms. The molecule has 1 rings (SSSR count). The molecule has 5 nitrogen and oxygen atoms in total. The number of halogens is 1. The fraction of sp³-hybridized carbons (Fsp3) is 0.600. The number of rotatable bonds is 5. The minimum atomic E-state index is -0.743. The summed E-state index contributed by atoms with van der Waals surface area (Å²) in [5.41, 5.74) is 6.60. The lowest BCUT2D eigenvalue weighted by molar-refractivity contribution is 0.132. The molecule has 21 heavy (non-hydrogen) atoms. The maximum Gasteiger partial charge on any atom is 0.200 e. The zero-order valence-corrected chi connectivity index (χ0v) is 14.0. The van der Waals surface area contributed by atoms with Gasteiger partial charge in [-0.2, -0.15) is 0 Å². The van der Waals surface area contributed by atoms with E-state index in [0.717, 1.165) is 0 Å². The van der Waals surface area contributed by atoms with Crippen molar-refractivity contribution in [2.24, 2.45) is 11.1 Å². The fourth-order valence-electron chi connectivity index (χ4n) is 1.84. The lowest BCUT2D eigenvalue weighted by Gasteiger charge is -2.29. The molecule has 0 aliphatic heterocycles. The quantitative estimate of drug-likeness (QED) is 0.777. The maximum absolute atomic E-state index is 10.3. The largest absolute Gasteiger partial charge is 0.502 e. The smallest absolute Gasteiger partial charge is 0.200 e. The number of hydrogen-bond acceptors (Lipinski definition) is 5. The molecule has 0 aromatic heterocycles. The molecule has 0 heterocycles. The minimum Gasteiger partial charge on any atom is -0.502 e. The second-order valence-electron chi connectivity index (χ2n) is 6.00. The van der Waals surface area contributed by atoms with Crippen LogP contribution in [0.2, 0.25) is 0 Å². The highest BCUT2D eigenvalue weighted by atomic mass is 35.5. The molecule has 0 saturated carbocycles. The van der Waals surface area contributed by atoms with Gasteiger partial charge in [-0.25, -0.2) is 0 Å². The molecule has 2 atom stereocenters. The molecule has 0 bridgehead atoms. The highest BCUT2D eigenvalue weighted by molar-refractivity contribution is 5.85. The van der Waals surface area contributed by atoms with E-state index in [0.29, 0.717) is 12.0 Å². The number of ether oxygens (including phenoxy) is 2. The Balaban J connectivity index is 0.00000400. The van der Waals surface area contributed by atoms with Crippen LogP contribution in [0.25, 0.3) is 0 Å². The predicted octanol–water partition coefficient (Wildman–Crippen LogP) is 2.63. The van der Waals surface area contributed by atoms with Gasteiger partial charge in [0.1, 0.15) is 0 Å². The van der Waals surface area contributed by atoms with E-state index in [1.165, 1.54) is 14.2 Å². The van der Waals surface area contributed by atoms with Gasteiger partial charge in [0.25, 0.3) is 0 Å². The number of benzene rings is 1. The summed E-state index contributed by atoms with van der Waals surface area (Å²) in [5, 5.41) is 20.2. The monoisotopic (exact) mass is 319 g/mol. The van der Waals surface area contributed by atoms with Crippen molar-refractivity contribution in [3.05, 3.63) is 17.7 Å². The van der Waals surface area contributed by atoms with Gasteiger partial charge in [0, 0.05) is 6.04 Å². The fourth-order valence-corrected chi connectivity index (χ4v) is 1.84. The van der Waals surface area contributed by atoms with Crippen LogP contribution in [-0.4, -0.2) is 30.5 Å². The molecule has 6 heteroatoms. The van der Waals surface area contributed by atoms with Crippen LogP contribution >= 0.6 is 12.4 Å². The molecule has 0 radical (unpaired) electrons. The van der Waals surface area contributed by atoms with Gasteiger partial charge in [0.2, 0.25) is 5.75 Å². The summed E-state index contributed by atoms with van der Waals surface area (Å²) >= 11 is 0. The first-order chi connectivity index (χ1) is 9.20. The third-order valence-electron chi connectivity index (χ3n) is 3.48.